The highest BCUT2D eigenvalue weighted by atomic mass is 16.6. The minimum absolute atomic E-state index is 0.454. The third-order valence-electron chi connectivity index (χ3n) is 2.62. The Morgan fingerprint density at radius 1 is 1.53 bits per heavy atom. The van der Waals surface area contributed by atoms with Crippen LogP contribution < -0.4 is 11.2 Å². The molecule has 0 bridgehead atoms. The van der Waals surface area contributed by atoms with Crippen molar-refractivity contribution in [2.45, 2.75) is 25.2 Å². The normalized spacial score (nSPS) is 23.6. The maximum atomic E-state index is 11.5. The van der Waals surface area contributed by atoms with E-state index in [1.54, 1.807) is 0 Å². The molecular formula is C10H12N2O5. The summed E-state index contributed by atoms with van der Waals surface area (Å²) < 4.78 is 11.2. The Morgan fingerprint density at radius 2 is 2.29 bits per heavy atom. The van der Waals surface area contributed by atoms with Crippen molar-refractivity contribution in [1.29, 1.82) is 0 Å². The molecule has 92 valence electrons. The van der Waals surface area contributed by atoms with Crippen molar-refractivity contribution in [3.8, 4) is 0 Å². The van der Waals surface area contributed by atoms with E-state index in [4.69, 9.17) is 4.74 Å². The topological polar surface area (TPSA) is 90.4 Å². The molecule has 0 saturated carbocycles. The van der Waals surface area contributed by atoms with Gasteiger partial charge < -0.3 is 9.47 Å². The van der Waals surface area contributed by atoms with Gasteiger partial charge >= 0.3 is 11.7 Å². The summed E-state index contributed by atoms with van der Waals surface area (Å²) in [6.45, 7) is 0. The molecule has 1 aliphatic heterocycles. The molecule has 17 heavy (non-hydrogen) atoms. The van der Waals surface area contributed by atoms with Crippen LogP contribution in [0, 0.1) is 0 Å². The lowest BCUT2D eigenvalue weighted by atomic mass is 10.2. The molecule has 1 saturated heterocycles. The van der Waals surface area contributed by atoms with Crippen molar-refractivity contribution in [2.24, 2.45) is 0 Å². The highest BCUT2D eigenvalue weighted by Gasteiger charge is 2.32. The highest BCUT2D eigenvalue weighted by Crippen LogP contribution is 2.27. The van der Waals surface area contributed by atoms with Crippen LogP contribution in [-0.2, 0) is 14.3 Å². The number of H-pyrrole nitrogens is 1. The molecule has 0 amide bonds. The van der Waals surface area contributed by atoms with Crippen LogP contribution >= 0.6 is 0 Å². The fourth-order valence-corrected chi connectivity index (χ4v) is 1.78. The number of esters is 1. The number of rotatable bonds is 2. The number of carbonyl (C=O) groups excluding carboxylic acids is 1. The zero-order valence-electron chi connectivity index (χ0n) is 9.21. The Balaban J connectivity index is 2.18. The molecule has 0 spiro atoms. The highest BCUT2D eigenvalue weighted by molar-refractivity contribution is 5.74. The van der Waals surface area contributed by atoms with Gasteiger partial charge in [-0.25, -0.2) is 9.59 Å². The van der Waals surface area contributed by atoms with E-state index in [9.17, 15) is 14.4 Å². The van der Waals surface area contributed by atoms with Crippen molar-refractivity contribution >= 4 is 5.97 Å². The molecule has 7 heteroatoms. The summed E-state index contributed by atoms with van der Waals surface area (Å²) in [7, 11) is 1.28. The largest absolute Gasteiger partial charge is 0.467 e. The first-order chi connectivity index (χ1) is 8.11. The van der Waals surface area contributed by atoms with Crippen LogP contribution in [0.25, 0.3) is 0 Å². The third-order valence-corrected chi connectivity index (χ3v) is 2.62. The predicted molar refractivity (Wildman–Crippen MR) is 56.5 cm³/mol. The summed E-state index contributed by atoms with van der Waals surface area (Å²) >= 11 is 0. The summed E-state index contributed by atoms with van der Waals surface area (Å²) in [5.41, 5.74) is -1.01. The standard InChI is InChI=1S/C10H12N2O5/c1-16-9(14)6-2-3-8(17-6)12-5-4-7(13)11-10(12)15/h4-6,8H,2-3H2,1H3,(H,11,13,15)/t6-,8-/m0/s1. The number of nitrogens with one attached hydrogen (secondary N) is 1. The van der Waals surface area contributed by atoms with E-state index < -0.39 is 29.6 Å². The zero-order chi connectivity index (χ0) is 12.4. The molecule has 1 aromatic rings. The number of carbonyl (C=O) groups is 1. The van der Waals surface area contributed by atoms with Crippen molar-refractivity contribution < 1.29 is 14.3 Å². The summed E-state index contributed by atoms with van der Waals surface area (Å²) in [5, 5.41) is 0. The number of methoxy groups -OCH3 is 1. The first-order valence-electron chi connectivity index (χ1n) is 5.16. The second-order valence-corrected chi connectivity index (χ2v) is 3.70. The summed E-state index contributed by atoms with van der Waals surface area (Å²) in [5.74, 6) is -0.454. The maximum Gasteiger partial charge on any atom is 0.335 e. The predicted octanol–water partition coefficient (Wildman–Crippen LogP) is -0.613. The van der Waals surface area contributed by atoms with Gasteiger partial charge in [0.2, 0.25) is 0 Å². The van der Waals surface area contributed by atoms with Gasteiger partial charge in [-0.15, -0.1) is 0 Å². The lowest BCUT2D eigenvalue weighted by Crippen LogP contribution is -2.32. The number of ether oxygens (including phenoxy) is 2. The van der Waals surface area contributed by atoms with Crippen LogP contribution in [0.4, 0.5) is 0 Å². The van der Waals surface area contributed by atoms with Gasteiger partial charge in [-0.05, 0) is 12.8 Å². The number of hydrogen-bond acceptors (Lipinski definition) is 5. The second-order valence-electron chi connectivity index (χ2n) is 3.70. The lowest BCUT2D eigenvalue weighted by Gasteiger charge is -2.13. The number of nitrogens with zero attached hydrogens (tertiary/aromatic N) is 1. The molecule has 1 fully saturated rings. The first kappa shape index (κ1) is 11.6. The molecule has 1 aromatic heterocycles. The summed E-state index contributed by atoms with van der Waals surface area (Å²) in [4.78, 5) is 35.7. The molecule has 0 unspecified atom stereocenters. The van der Waals surface area contributed by atoms with E-state index in [-0.39, 0.29) is 0 Å². The van der Waals surface area contributed by atoms with Gasteiger partial charge in [-0.3, -0.25) is 14.3 Å². The zero-order valence-corrected chi connectivity index (χ0v) is 9.21. The Labute approximate surface area is 96.0 Å². The smallest absolute Gasteiger partial charge is 0.335 e. The summed E-state index contributed by atoms with van der Waals surface area (Å²) in [6, 6.07) is 1.23. The minimum atomic E-state index is -0.649. The van der Waals surface area contributed by atoms with Crippen molar-refractivity contribution in [1.82, 2.24) is 9.55 Å². The summed E-state index contributed by atoms with van der Waals surface area (Å²) in [6.07, 6.45) is 1.17. The first-order valence-corrected chi connectivity index (χ1v) is 5.16. The van der Waals surface area contributed by atoms with E-state index in [0.717, 1.165) is 0 Å². The van der Waals surface area contributed by atoms with Crippen molar-refractivity contribution in [3.63, 3.8) is 0 Å². The average molecular weight is 240 g/mol. The van der Waals surface area contributed by atoms with Crippen LogP contribution in [0.2, 0.25) is 0 Å². The van der Waals surface area contributed by atoms with Crippen LogP contribution in [0.5, 0.6) is 0 Å². The number of aromatic amines is 1. The Morgan fingerprint density at radius 3 is 2.94 bits per heavy atom. The average Bonchev–Trinajstić information content (AvgIpc) is 2.77. The number of aromatic nitrogens is 2. The van der Waals surface area contributed by atoms with Crippen LogP contribution in [-0.4, -0.2) is 28.7 Å². The Kier molecular flexibility index (Phi) is 3.10. The third kappa shape index (κ3) is 2.28. The molecular weight excluding hydrogens is 228 g/mol. The van der Waals surface area contributed by atoms with E-state index in [1.807, 2.05) is 0 Å². The minimum Gasteiger partial charge on any atom is -0.467 e. The van der Waals surface area contributed by atoms with Gasteiger partial charge in [-0.1, -0.05) is 0 Å². The lowest BCUT2D eigenvalue weighted by molar-refractivity contribution is -0.155. The monoisotopic (exact) mass is 240 g/mol. The van der Waals surface area contributed by atoms with Gasteiger partial charge in [0.05, 0.1) is 7.11 Å². The number of hydrogen-bond donors (Lipinski definition) is 1. The maximum absolute atomic E-state index is 11.5. The van der Waals surface area contributed by atoms with Gasteiger partial charge in [-0.2, -0.15) is 0 Å². The van der Waals surface area contributed by atoms with Gasteiger partial charge in [0.25, 0.3) is 5.56 Å². The molecule has 2 atom stereocenters. The molecule has 2 heterocycles. The van der Waals surface area contributed by atoms with Crippen LogP contribution in [0.15, 0.2) is 21.9 Å². The quantitative estimate of drug-likeness (QED) is 0.696. The Hall–Kier alpha value is -1.89. The SMILES string of the molecule is COC(=O)[C@@H]1CC[C@@H](n2ccc(=O)[nH]c2=O)O1. The van der Waals surface area contributed by atoms with E-state index in [1.165, 1.54) is 23.9 Å². The van der Waals surface area contributed by atoms with E-state index in [0.29, 0.717) is 12.8 Å². The molecule has 0 radical (unpaired) electrons. The van der Waals surface area contributed by atoms with Crippen molar-refractivity contribution in [3.05, 3.63) is 33.1 Å². The van der Waals surface area contributed by atoms with Gasteiger partial charge in [0.15, 0.2) is 6.10 Å². The van der Waals surface area contributed by atoms with Crippen molar-refractivity contribution in [2.75, 3.05) is 7.11 Å². The fraction of sp³-hybridized carbons (Fsp3) is 0.500. The molecule has 0 aliphatic carbocycles. The second kappa shape index (κ2) is 4.54. The van der Waals surface area contributed by atoms with Gasteiger partial charge in [0.1, 0.15) is 6.23 Å². The molecule has 0 aromatic carbocycles. The van der Waals surface area contributed by atoms with Crippen LogP contribution in [0.1, 0.15) is 19.1 Å². The Bertz CT molecular complexity index is 532. The van der Waals surface area contributed by atoms with E-state index >= 15 is 0 Å². The molecule has 7 nitrogen and oxygen atoms in total. The van der Waals surface area contributed by atoms with Gasteiger partial charge in [0, 0.05) is 12.3 Å². The molecule has 1 aliphatic rings. The molecule has 1 N–H and O–H groups in total. The van der Waals surface area contributed by atoms with Crippen LogP contribution in [0.3, 0.4) is 0 Å². The fourth-order valence-electron chi connectivity index (χ4n) is 1.78. The van der Waals surface area contributed by atoms with E-state index in [2.05, 4.69) is 9.72 Å². The molecule has 2 rings (SSSR count).